The van der Waals surface area contributed by atoms with Crippen molar-refractivity contribution in [1.29, 1.82) is 5.26 Å². The van der Waals surface area contributed by atoms with Crippen molar-refractivity contribution >= 4 is 17.4 Å². The lowest BCUT2D eigenvalue weighted by Crippen LogP contribution is -2.21. The van der Waals surface area contributed by atoms with E-state index in [0.29, 0.717) is 21.7 Å². The number of rotatable bonds is 3. The van der Waals surface area contributed by atoms with E-state index in [0.717, 1.165) is 0 Å². The van der Waals surface area contributed by atoms with Gasteiger partial charge >= 0.3 is 0 Å². The largest absolute Gasteiger partial charge is 0.507 e. The minimum atomic E-state index is -0.717. The SMILES string of the molecule is N#CC1=C(N)Oc2ccc(C(=O)c3ccccc3)c(O)c2C1c1cccc(Cl)c1. The highest BCUT2D eigenvalue weighted by Crippen LogP contribution is 2.48. The number of nitriles is 1. The Kier molecular flexibility index (Phi) is 4.71. The number of allylic oxidation sites excluding steroid dienone is 1. The van der Waals surface area contributed by atoms with E-state index in [9.17, 15) is 15.2 Å². The molecule has 1 atom stereocenters. The van der Waals surface area contributed by atoms with Crippen molar-refractivity contribution < 1.29 is 14.6 Å². The minimum absolute atomic E-state index is 0.0495. The van der Waals surface area contributed by atoms with Gasteiger partial charge in [-0.15, -0.1) is 0 Å². The van der Waals surface area contributed by atoms with Crippen LogP contribution in [0.25, 0.3) is 0 Å². The average molecular weight is 403 g/mol. The number of carbonyl (C=O) groups excluding carboxylic acids is 1. The average Bonchev–Trinajstić information content (AvgIpc) is 2.73. The van der Waals surface area contributed by atoms with E-state index in [1.807, 2.05) is 0 Å². The fourth-order valence-corrected chi connectivity index (χ4v) is 3.68. The van der Waals surface area contributed by atoms with Crippen LogP contribution in [0, 0.1) is 11.3 Å². The lowest BCUT2D eigenvalue weighted by Gasteiger charge is -2.28. The van der Waals surface area contributed by atoms with Crippen molar-refractivity contribution in [3.63, 3.8) is 0 Å². The van der Waals surface area contributed by atoms with Gasteiger partial charge in [0.2, 0.25) is 5.88 Å². The van der Waals surface area contributed by atoms with Crippen molar-refractivity contribution in [1.82, 2.24) is 0 Å². The molecule has 0 saturated heterocycles. The highest BCUT2D eigenvalue weighted by molar-refractivity contribution is 6.30. The molecule has 3 N–H and O–H groups in total. The van der Waals surface area contributed by atoms with Crippen LogP contribution in [0.15, 0.2) is 78.2 Å². The van der Waals surface area contributed by atoms with Crippen LogP contribution in [0.3, 0.4) is 0 Å². The van der Waals surface area contributed by atoms with E-state index in [1.165, 1.54) is 6.07 Å². The first-order valence-corrected chi connectivity index (χ1v) is 9.17. The van der Waals surface area contributed by atoms with E-state index in [4.69, 9.17) is 22.1 Å². The fraction of sp³-hybridized carbons (Fsp3) is 0.0435. The summed E-state index contributed by atoms with van der Waals surface area (Å²) in [5.41, 5.74) is 7.61. The van der Waals surface area contributed by atoms with Gasteiger partial charge in [0.15, 0.2) is 5.78 Å². The summed E-state index contributed by atoms with van der Waals surface area (Å²) in [4.78, 5) is 12.9. The first-order chi connectivity index (χ1) is 14.0. The zero-order valence-corrected chi connectivity index (χ0v) is 15.9. The molecule has 6 heteroatoms. The maximum atomic E-state index is 12.9. The Hall–Kier alpha value is -3.75. The lowest BCUT2D eigenvalue weighted by atomic mass is 9.81. The summed E-state index contributed by atoms with van der Waals surface area (Å²) in [5, 5.41) is 21.2. The molecule has 1 unspecified atom stereocenters. The van der Waals surface area contributed by atoms with Crippen LogP contribution >= 0.6 is 11.6 Å². The van der Waals surface area contributed by atoms with Gasteiger partial charge < -0.3 is 15.6 Å². The standard InChI is InChI=1S/C23H15ClN2O3/c24-15-8-4-7-14(11-15)19-17(12-25)23(26)29-18-10-9-16(22(28)20(18)19)21(27)13-5-2-1-3-6-13/h1-11,19,28H,26H2. The van der Waals surface area contributed by atoms with Crippen LogP contribution in [0.5, 0.6) is 11.5 Å². The molecule has 29 heavy (non-hydrogen) atoms. The van der Waals surface area contributed by atoms with E-state index in [2.05, 4.69) is 6.07 Å². The van der Waals surface area contributed by atoms with Crippen LogP contribution in [-0.2, 0) is 0 Å². The number of carbonyl (C=O) groups is 1. The van der Waals surface area contributed by atoms with Crippen molar-refractivity contribution in [2.45, 2.75) is 5.92 Å². The molecule has 1 aliphatic rings. The van der Waals surface area contributed by atoms with Gasteiger partial charge in [-0.25, -0.2) is 0 Å². The Balaban J connectivity index is 1.93. The van der Waals surface area contributed by atoms with Crippen LogP contribution in [0.1, 0.15) is 33.0 Å². The molecule has 0 bridgehead atoms. The Morgan fingerprint density at radius 2 is 1.86 bits per heavy atom. The van der Waals surface area contributed by atoms with Crippen molar-refractivity contribution in [3.8, 4) is 17.6 Å². The molecule has 1 aliphatic heterocycles. The summed E-state index contributed by atoms with van der Waals surface area (Å²) in [6.07, 6.45) is 0. The third-order valence-electron chi connectivity index (χ3n) is 4.82. The van der Waals surface area contributed by atoms with Gasteiger partial charge in [-0.3, -0.25) is 4.79 Å². The number of fused-ring (bicyclic) bond motifs is 1. The number of nitrogens with zero attached hydrogens (tertiary/aromatic N) is 1. The molecule has 1 heterocycles. The summed E-state index contributed by atoms with van der Waals surface area (Å²) in [6, 6.07) is 20.7. The maximum absolute atomic E-state index is 12.9. The first kappa shape index (κ1) is 18.6. The Morgan fingerprint density at radius 1 is 1.10 bits per heavy atom. The second-order valence-corrected chi connectivity index (χ2v) is 6.98. The summed E-state index contributed by atoms with van der Waals surface area (Å²) in [5.74, 6) is -1.07. The highest BCUT2D eigenvalue weighted by Gasteiger charge is 2.35. The van der Waals surface area contributed by atoms with Crippen LogP contribution < -0.4 is 10.5 Å². The predicted molar refractivity (Wildman–Crippen MR) is 109 cm³/mol. The van der Waals surface area contributed by atoms with Gasteiger partial charge in [-0.1, -0.05) is 54.1 Å². The molecule has 0 amide bonds. The Bertz CT molecular complexity index is 1200. The first-order valence-electron chi connectivity index (χ1n) is 8.80. The van der Waals surface area contributed by atoms with Gasteiger partial charge in [0.25, 0.3) is 0 Å². The smallest absolute Gasteiger partial charge is 0.205 e. The highest BCUT2D eigenvalue weighted by atomic mass is 35.5. The zero-order chi connectivity index (χ0) is 20.5. The molecule has 0 fully saturated rings. The predicted octanol–water partition coefficient (Wildman–Crippen LogP) is 4.49. The number of aromatic hydroxyl groups is 1. The number of ketones is 1. The zero-order valence-electron chi connectivity index (χ0n) is 15.1. The number of phenolic OH excluding ortho intramolecular Hbond substituents is 1. The number of nitrogens with two attached hydrogens (primary N) is 1. The van der Waals surface area contributed by atoms with Gasteiger partial charge in [-0.2, -0.15) is 5.26 Å². The summed E-state index contributed by atoms with van der Waals surface area (Å²) in [7, 11) is 0. The number of ether oxygens (including phenoxy) is 1. The van der Waals surface area contributed by atoms with Gasteiger partial charge in [0.05, 0.1) is 17.0 Å². The molecule has 0 aliphatic carbocycles. The molecule has 0 spiro atoms. The molecule has 3 aromatic rings. The topological polar surface area (TPSA) is 96.3 Å². The number of benzene rings is 3. The van der Waals surface area contributed by atoms with Gasteiger partial charge in [-0.05, 0) is 29.8 Å². The summed E-state index contributed by atoms with van der Waals surface area (Å²) in [6.45, 7) is 0. The van der Waals surface area contributed by atoms with E-state index in [1.54, 1.807) is 60.7 Å². The fourth-order valence-electron chi connectivity index (χ4n) is 3.48. The Morgan fingerprint density at radius 3 is 2.55 bits per heavy atom. The molecule has 5 nitrogen and oxygen atoms in total. The maximum Gasteiger partial charge on any atom is 0.205 e. The number of phenols is 1. The number of hydrogen-bond acceptors (Lipinski definition) is 5. The van der Waals surface area contributed by atoms with E-state index < -0.39 is 5.92 Å². The number of hydrogen-bond donors (Lipinski definition) is 2. The summed E-state index contributed by atoms with van der Waals surface area (Å²) >= 11 is 6.14. The van der Waals surface area contributed by atoms with Crippen molar-refractivity contribution in [2.24, 2.45) is 5.73 Å². The molecule has 0 radical (unpaired) electrons. The number of halogens is 1. The van der Waals surface area contributed by atoms with Gasteiger partial charge in [0, 0.05) is 10.6 Å². The second-order valence-electron chi connectivity index (χ2n) is 6.55. The van der Waals surface area contributed by atoms with E-state index in [-0.39, 0.29) is 34.3 Å². The molecular formula is C23H15ClN2O3. The van der Waals surface area contributed by atoms with Crippen LogP contribution in [0.2, 0.25) is 5.02 Å². The molecule has 142 valence electrons. The minimum Gasteiger partial charge on any atom is -0.507 e. The monoisotopic (exact) mass is 402 g/mol. The normalized spacial score (nSPS) is 15.2. The summed E-state index contributed by atoms with van der Waals surface area (Å²) < 4.78 is 5.57. The van der Waals surface area contributed by atoms with Crippen molar-refractivity contribution in [3.05, 3.63) is 105 Å². The third-order valence-corrected chi connectivity index (χ3v) is 5.06. The van der Waals surface area contributed by atoms with Crippen molar-refractivity contribution in [2.75, 3.05) is 0 Å². The van der Waals surface area contributed by atoms with Crippen LogP contribution in [0.4, 0.5) is 0 Å². The second kappa shape index (κ2) is 7.34. The quantitative estimate of drug-likeness (QED) is 0.629. The van der Waals surface area contributed by atoms with E-state index >= 15 is 0 Å². The molecular weight excluding hydrogens is 388 g/mol. The molecule has 4 rings (SSSR count). The molecule has 0 aromatic heterocycles. The third kappa shape index (κ3) is 3.20. The lowest BCUT2D eigenvalue weighted by molar-refractivity contribution is 0.103. The van der Waals surface area contributed by atoms with Gasteiger partial charge in [0.1, 0.15) is 23.1 Å². The molecule has 3 aromatic carbocycles. The Labute approximate surface area is 172 Å². The molecule has 0 saturated carbocycles. The van der Waals surface area contributed by atoms with Crippen LogP contribution in [-0.4, -0.2) is 10.9 Å².